The minimum Gasteiger partial charge on any atom is -0.218 e. The topological polar surface area (TPSA) is 68.3 Å². The Morgan fingerprint density at radius 2 is 0.838 bits per heavy atom. The molecular formula is C28H20Cl2O4S3. The molecule has 9 heteroatoms. The molecular weight excluding hydrogens is 567 g/mol. The first-order chi connectivity index (χ1) is 17.7. The number of sulfone groups is 2. The van der Waals surface area contributed by atoms with Crippen LogP contribution in [0.3, 0.4) is 0 Å². The standard InChI is InChI=1S/C28H20Cl2O4S3/c29-23-15-11-21(12-16-23)19-27(36(31,32)25-7-3-1-4-8-25)35-28(20-22-13-17-24(30)18-14-22)37(33,34)26-9-5-2-6-10-26/h1-20H. The second-order valence-electron chi connectivity index (χ2n) is 7.76. The SMILES string of the molecule is O=S(=O)(C(=Cc1ccc(Cl)cc1)SC(=Cc1ccc(Cl)cc1)S(=O)(=O)c1ccccc1)c1ccccc1. The van der Waals surface area contributed by atoms with E-state index in [0.29, 0.717) is 32.9 Å². The highest BCUT2D eigenvalue weighted by Gasteiger charge is 2.29. The highest BCUT2D eigenvalue weighted by molar-refractivity contribution is 8.28. The Morgan fingerprint density at radius 1 is 0.514 bits per heavy atom. The van der Waals surface area contributed by atoms with E-state index >= 15 is 0 Å². The van der Waals surface area contributed by atoms with Gasteiger partial charge in [0, 0.05) is 10.0 Å². The lowest BCUT2D eigenvalue weighted by Gasteiger charge is -2.14. The van der Waals surface area contributed by atoms with Crippen molar-refractivity contribution in [3.05, 3.63) is 139 Å². The van der Waals surface area contributed by atoms with Crippen LogP contribution in [0.5, 0.6) is 0 Å². The van der Waals surface area contributed by atoms with E-state index in [0.717, 1.165) is 0 Å². The second kappa shape index (κ2) is 11.7. The van der Waals surface area contributed by atoms with Gasteiger partial charge in [0.05, 0.1) is 9.79 Å². The number of hydrogen-bond acceptors (Lipinski definition) is 5. The van der Waals surface area contributed by atoms with Crippen molar-refractivity contribution in [2.45, 2.75) is 9.79 Å². The van der Waals surface area contributed by atoms with Gasteiger partial charge in [-0.3, -0.25) is 0 Å². The Hall–Kier alpha value is -2.81. The van der Waals surface area contributed by atoms with Crippen LogP contribution in [0.15, 0.2) is 127 Å². The molecule has 0 amide bonds. The summed E-state index contributed by atoms with van der Waals surface area (Å²) in [5, 5.41) is 0.986. The van der Waals surface area contributed by atoms with E-state index in [1.54, 1.807) is 84.9 Å². The summed E-state index contributed by atoms with van der Waals surface area (Å²) < 4.78 is 54.7. The van der Waals surface area contributed by atoms with E-state index in [4.69, 9.17) is 23.2 Å². The van der Waals surface area contributed by atoms with Crippen LogP contribution >= 0.6 is 35.0 Å². The molecule has 0 heterocycles. The van der Waals surface area contributed by atoms with E-state index in [9.17, 15) is 16.8 Å². The molecule has 37 heavy (non-hydrogen) atoms. The van der Waals surface area contributed by atoms with Gasteiger partial charge in [-0.2, -0.15) is 0 Å². The van der Waals surface area contributed by atoms with E-state index < -0.39 is 19.7 Å². The maximum absolute atomic E-state index is 13.7. The minimum atomic E-state index is -4.08. The fourth-order valence-electron chi connectivity index (χ4n) is 3.24. The lowest BCUT2D eigenvalue weighted by Crippen LogP contribution is -2.07. The number of hydrogen-bond donors (Lipinski definition) is 0. The highest BCUT2D eigenvalue weighted by Crippen LogP contribution is 2.41. The van der Waals surface area contributed by atoms with Crippen molar-refractivity contribution in [3.8, 4) is 0 Å². The molecule has 0 N–H and O–H groups in total. The van der Waals surface area contributed by atoms with Gasteiger partial charge >= 0.3 is 0 Å². The minimum absolute atomic E-state index is 0.0469. The molecule has 0 aliphatic carbocycles. The van der Waals surface area contributed by atoms with Gasteiger partial charge in [0.2, 0.25) is 19.7 Å². The first-order valence-electron chi connectivity index (χ1n) is 10.9. The molecule has 0 fully saturated rings. The lowest BCUT2D eigenvalue weighted by atomic mass is 10.2. The van der Waals surface area contributed by atoms with Crippen LogP contribution in [0.4, 0.5) is 0 Å². The zero-order valence-electron chi connectivity index (χ0n) is 19.2. The van der Waals surface area contributed by atoms with Crippen molar-refractivity contribution in [2.24, 2.45) is 0 Å². The van der Waals surface area contributed by atoms with Crippen molar-refractivity contribution in [1.29, 1.82) is 0 Å². The van der Waals surface area contributed by atoms with Crippen LogP contribution in [-0.4, -0.2) is 16.8 Å². The summed E-state index contributed by atoms with van der Waals surface area (Å²) >= 11 is 12.7. The van der Waals surface area contributed by atoms with Gasteiger partial charge in [0.25, 0.3) is 0 Å². The number of thioether (sulfide) groups is 1. The van der Waals surface area contributed by atoms with Crippen LogP contribution in [0.1, 0.15) is 11.1 Å². The molecule has 0 aliphatic heterocycles. The molecule has 0 spiro atoms. The van der Waals surface area contributed by atoms with E-state index in [-0.39, 0.29) is 18.3 Å². The van der Waals surface area contributed by atoms with E-state index in [1.165, 1.54) is 36.4 Å². The molecule has 0 saturated carbocycles. The first-order valence-corrected chi connectivity index (χ1v) is 15.4. The largest absolute Gasteiger partial charge is 0.218 e. The summed E-state index contributed by atoms with van der Waals surface area (Å²) in [6, 6.07) is 29.0. The molecule has 4 nitrogen and oxygen atoms in total. The zero-order chi connectivity index (χ0) is 26.5. The highest BCUT2D eigenvalue weighted by atomic mass is 35.5. The molecule has 4 aromatic rings. The van der Waals surface area contributed by atoms with Gasteiger partial charge in [0.15, 0.2) is 0 Å². The van der Waals surface area contributed by atoms with Gasteiger partial charge in [-0.25, -0.2) is 16.8 Å². The van der Waals surface area contributed by atoms with Crippen LogP contribution in [0.25, 0.3) is 12.2 Å². The third-order valence-corrected chi connectivity index (χ3v) is 11.2. The summed E-state index contributed by atoms with van der Waals surface area (Å²) in [7, 11) is -8.16. The van der Waals surface area contributed by atoms with Crippen LogP contribution < -0.4 is 0 Å². The fourth-order valence-corrected chi connectivity index (χ4v) is 8.31. The summed E-state index contributed by atoms with van der Waals surface area (Å²) in [6.45, 7) is 0. The average molecular weight is 588 g/mol. The molecule has 0 unspecified atom stereocenters. The van der Waals surface area contributed by atoms with Crippen LogP contribution in [0.2, 0.25) is 10.0 Å². The first kappa shape index (κ1) is 27.2. The summed E-state index contributed by atoms with van der Waals surface area (Å²) in [6.07, 6.45) is 2.89. The summed E-state index contributed by atoms with van der Waals surface area (Å²) in [5.41, 5.74) is 1.10. The smallest absolute Gasteiger partial charge is 0.212 e. The van der Waals surface area contributed by atoms with Crippen molar-refractivity contribution in [1.82, 2.24) is 0 Å². The van der Waals surface area contributed by atoms with Crippen molar-refractivity contribution >= 4 is 66.8 Å². The van der Waals surface area contributed by atoms with Crippen molar-refractivity contribution in [3.63, 3.8) is 0 Å². The molecule has 4 aromatic carbocycles. The summed E-state index contributed by atoms with van der Waals surface area (Å²) in [4.78, 5) is 0.0938. The van der Waals surface area contributed by atoms with Crippen LogP contribution in [-0.2, 0) is 19.7 Å². The van der Waals surface area contributed by atoms with E-state index in [2.05, 4.69) is 0 Å². The number of rotatable bonds is 8. The third-order valence-electron chi connectivity index (χ3n) is 5.15. The van der Waals surface area contributed by atoms with Crippen molar-refractivity contribution in [2.75, 3.05) is 0 Å². The number of benzene rings is 4. The molecule has 0 aromatic heterocycles. The Balaban J connectivity index is 1.91. The Kier molecular flexibility index (Phi) is 8.62. The Bertz CT molecular complexity index is 1520. The van der Waals surface area contributed by atoms with Crippen molar-refractivity contribution < 1.29 is 16.8 Å². The quantitative estimate of drug-likeness (QED) is 0.209. The average Bonchev–Trinajstić information content (AvgIpc) is 2.91. The predicted octanol–water partition coefficient (Wildman–Crippen LogP) is 7.97. The van der Waals surface area contributed by atoms with Gasteiger partial charge in [0.1, 0.15) is 8.47 Å². The van der Waals surface area contributed by atoms with Gasteiger partial charge < -0.3 is 0 Å². The molecule has 188 valence electrons. The number of halogens is 2. The summed E-state index contributed by atoms with van der Waals surface area (Å²) in [5.74, 6) is 0. The third kappa shape index (κ3) is 6.74. The Labute approximate surface area is 231 Å². The lowest BCUT2D eigenvalue weighted by molar-refractivity contribution is 0.603. The maximum Gasteiger partial charge on any atom is 0.212 e. The molecule has 0 bridgehead atoms. The molecule has 0 aliphatic rings. The van der Waals surface area contributed by atoms with Gasteiger partial charge in [-0.05, 0) is 71.8 Å². The fraction of sp³-hybridized carbons (Fsp3) is 0. The monoisotopic (exact) mass is 586 g/mol. The maximum atomic E-state index is 13.7. The molecule has 4 rings (SSSR count). The van der Waals surface area contributed by atoms with E-state index in [1.807, 2.05) is 0 Å². The van der Waals surface area contributed by atoms with Crippen LogP contribution in [0, 0.1) is 0 Å². The molecule has 0 saturated heterocycles. The zero-order valence-corrected chi connectivity index (χ0v) is 23.1. The normalized spacial score (nSPS) is 12.9. The molecule has 0 radical (unpaired) electrons. The predicted molar refractivity (Wildman–Crippen MR) is 154 cm³/mol. The second-order valence-corrected chi connectivity index (χ2v) is 14.1. The Morgan fingerprint density at radius 3 is 1.16 bits per heavy atom. The van der Waals surface area contributed by atoms with Gasteiger partial charge in [-0.1, -0.05) is 95.6 Å². The molecule has 0 atom stereocenters. The van der Waals surface area contributed by atoms with Gasteiger partial charge in [-0.15, -0.1) is 0 Å².